The summed E-state index contributed by atoms with van der Waals surface area (Å²) in [6, 6.07) is 7.83. The van der Waals surface area contributed by atoms with Gasteiger partial charge in [0.05, 0.1) is 0 Å². The topological polar surface area (TPSA) is 63.3 Å². The van der Waals surface area contributed by atoms with Crippen LogP contribution in [0, 0.1) is 3.57 Å². The van der Waals surface area contributed by atoms with Crippen molar-refractivity contribution in [2.45, 2.75) is 38.1 Å². The van der Waals surface area contributed by atoms with E-state index in [9.17, 15) is 9.90 Å². The van der Waals surface area contributed by atoms with E-state index in [1.54, 1.807) is 0 Å². The number of nitrogens with two attached hydrogens (primary N) is 1. The van der Waals surface area contributed by atoms with Gasteiger partial charge in [-0.15, -0.1) is 0 Å². The van der Waals surface area contributed by atoms with Gasteiger partial charge in [-0.2, -0.15) is 0 Å². The summed E-state index contributed by atoms with van der Waals surface area (Å²) in [5.74, 6) is -0.912. The fraction of sp³-hybridized carbons (Fsp3) is 0.462. The van der Waals surface area contributed by atoms with Gasteiger partial charge in [-0.3, -0.25) is 4.79 Å². The minimum absolute atomic E-state index is 0.388. The van der Waals surface area contributed by atoms with Crippen molar-refractivity contribution in [1.82, 2.24) is 0 Å². The molecule has 17 heavy (non-hydrogen) atoms. The van der Waals surface area contributed by atoms with Crippen LogP contribution in [-0.2, 0) is 11.2 Å². The second-order valence-electron chi connectivity index (χ2n) is 4.37. The van der Waals surface area contributed by atoms with Crippen molar-refractivity contribution in [3.63, 3.8) is 0 Å². The molecule has 0 aliphatic heterocycles. The van der Waals surface area contributed by atoms with Crippen molar-refractivity contribution in [3.05, 3.63) is 33.4 Å². The summed E-state index contributed by atoms with van der Waals surface area (Å²) in [4.78, 5) is 11.3. The molecule has 3 N–H and O–H groups in total. The molecule has 94 valence electrons. The number of carboxylic acids is 1. The van der Waals surface area contributed by atoms with Gasteiger partial charge in [0.15, 0.2) is 0 Å². The number of carbonyl (C=O) groups is 1. The summed E-state index contributed by atoms with van der Waals surface area (Å²) in [7, 11) is 0. The van der Waals surface area contributed by atoms with Crippen LogP contribution in [0.1, 0.15) is 31.7 Å². The molecule has 0 heterocycles. The Morgan fingerprint density at radius 2 is 2.00 bits per heavy atom. The Morgan fingerprint density at radius 1 is 1.41 bits per heavy atom. The summed E-state index contributed by atoms with van der Waals surface area (Å²) in [6.45, 7) is 2.03. The van der Waals surface area contributed by atoms with E-state index in [4.69, 9.17) is 5.73 Å². The molecule has 1 atom stereocenters. The van der Waals surface area contributed by atoms with Crippen molar-refractivity contribution in [1.29, 1.82) is 0 Å². The summed E-state index contributed by atoms with van der Waals surface area (Å²) in [6.07, 6.45) is 2.70. The van der Waals surface area contributed by atoms with Gasteiger partial charge >= 0.3 is 5.97 Å². The molecule has 3 nitrogen and oxygen atoms in total. The molecule has 0 spiro atoms. The zero-order valence-corrected chi connectivity index (χ0v) is 12.1. The van der Waals surface area contributed by atoms with E-state index in [-0.39, 0.29) is 0 Å². The molecule has 0 aliphatic carbocycles. The van der Waals surface area contributed by atoms with Crippen LogP contribution in [0.15, 0.2) is 24.3 Å². The van der Waals surface area contributed by atoms with E-state index >= 15 is 0 Å². The van der Waals surface area contributed by atoms with Gasteiger partial charge in [-0.1, -0.05) is 31.9 Å². The lowest BCUT2D eigenvalue weighted by atomic mass is 9.87. The maximum absolute atomic E-state index is 11.3. The third-order valence-corrected chi connectivity index (χ3v) is 3.55. The molecule has 4 heteroatoms. The standard InChI is InChI=1S/C13H18INO2/c1-2-3-8-13(15,12(16)17)9-10-4-6-11(14)7-5-10/h4-7H,2-3,8-9,15H2,1H3,(H,16,17)/t13-/m0/s1. The maximum Gasteiger partial charge on any atom is 0.324 e. The SMILES string of the molecule is CCCC[C@](N)(Cc1ccc(I)cc1)C(=O)O. The highest BCUT2D eigenvalue weighted by atomic mass is 127. The van der Waals surface area contributed by atoms with Crippen LogP contribution in [-0.4, -0.2) is 16.6 Å². The number of halogens is 1. The van der Waals surface area contributed by atoms with Gasteiger partial charge in [0.25, 0.3) is 0 Å². The number of carboxylic acid groups (broad SMARTS) is 1. The summed E-state index contributed by atoms with van der Waals surface area (Å²) in [5.41, 5.74) is 5.84. The molecule has 0 fully saturated rings. The number of rotatable bonds is 6. The highest BCUT2D eigenvalue weighted by molar-refractivity contribution is 14.1. The van der Waals surface area contributed by atoms with Crippen LogP contribution in [0.5, 0.6) is 0 Å². The van der Waals surface area contributed by atoms with E-state index in [2.05, 4.69) is 22.6 Å². The third kappa shape index (κ3) is 4.27. The van der Waals surface area contributed by atoms with Crippen molar-refractivity contribution in [2.75, 3.05) is 0 Å². The predicted molar refractivity (Wildman–Crippen MR) is 76.9 cm³/mol. The van der Waals surface area contributed by atoms with Crippen LogP contribution in [0.25, 0.3) is 0 Å². The van der Waals surface area contributed by atoms with Crippen LogP contribution in [0.4, 0.5) is 0 Å². The van der Waals surface area contributed by atoms with E-state index in [1.165, 1.54) is 0 Å². The lowest BCUT2D eigenvalue weighted by Crippen LogP contribution is -2.49. The Kier molecular flexibility index (Phi) is 5.39. The molecule has 0 radical (unpaired) electrons. The molecule has 0 amide bonds. The Bertz CT molecular complexity index is 378. The van der Waals surface area contributed by atoms with E-state index in [1.807, 2.05) is 31.2 Å². The number of aliphatic carboxylic acids is 1. The first-order chi connectivity index (χ1) is 7.98. The largest absolute Gasteiger partial charge is 0.480 e. The fourth-order valence-electron chi connectivity index (χ4n) is 1.73. The Balaban J connectivity index is 2.79. The Labute approximate surface area is 116 Å². The van der Waals surface area contributed by atoms with Gasteiger partial charge in [-0.05, 0) is 46.7 Å². The zero-order valence-electron chi connectivity index (χ0n) is 9.95. The number of benzene rings is 1. The van der Waals surface area contributed by atoms with Gasteiger partial charge < -0.3 is 10.8 Å². The van der Waals surface area contributed by atoms with Crippen molar-refractivity contribution >= 4 is 28.6 Å². The molecule has 0 aliphatic rings. The van der Waals surface area contributed by atoms with Gasteiger partial charge in [-0.25, -0.2) is 0 Å². The maximum atomic E-state index is 11.3. The van der Waals surface area contributed by atoms with Crippen LogP contribution in [0.2, 0.25) is 0 Å². The first kappa shape index (κ1) is 14.4. The lowest BCUT2D eigenvalue weighted by molar-refractivity contribution is -0.143. The molecule has 0 aromatic heterocycles. The molecule has 0 saturated heterocycles. The minimum Gasteiger partial charge on any atom is -0.480 e. The average molecular weight is 347 g/mol. The van der Waals surface area contributed by atoms with E-state index in [0.717, 1.165) is 22.0 Å². The second-order valence-corrected chi connectivity index (χ2v) is 5.61. The molecular weight excluding hydrogens is 329 g/mol. The highest BCUT2D eigenvalue weighted by Gasteiger charge is 2.33. The first-order valence-corrected chi connectivity index (χ1v) is 6.82. The second kappa shape index (κ2) is 6.35. The molecule has 1 rings (SSSR count). The van der Waals surface area contributed by atoms with Gasteiger partial charge in [0.1, 0.15) is 5.54 Å². The van der Waals surface area contributed by atoms with Crippen LogP contribution >= 0.6 is 22.6 Å². The Hall–Kier alpha value is -0.620. The van der Waals surface area contributed by atoms with Crippen molar-refractivity contribution < 1.29 is 9.90 Å². The number of hydrogen-bond acceptors (Lipinski definition) is 2. The monoisotopic (exact) mass is 347 g/mol. The molecule has 0 bridgehead atoms. The first-order valence-electron chi connectivity index (χ1n) is 5.74. The van der Waals surface area contributed by atoms with Crippen molar-refractivity contribution in [2.24, 2.45) is 5.73 Å². The van der Waals surface area contributed by atoms with Crippen molar-refractivity contribution in [3.8, 4) is 0 Å². The van der Waals surface area contributed by atoms with Gasteiger partial charge in [0, 0.05) is 9.99 Å². The molecule has 0 saturated carbocycles. The minimum atomic E-state index is -1.14. The molecule has 0 unspecified atom stereocenters. The quantitative estimate of drug-likeness (QED) is 0.778. The number of hydrogen-bond donors (Lipinski definition) is 2. The van der Waals surface area contributed by atoms with Crippen LogP contribution in [0.3, 0.4) is 0 Å². The highest BCUT2D eigenvalue weighted by Crippen LogP contribution is 2.19. The third-order valence-electron chi connectivity index (χ3n) is 2.84. The summed E-state index contributed by atoms with van der Waals surface area (Å²) >= 11 is 2.22. The summed E-state index contributed by atoms with van der Waals surface area (Å²) < 4.78 is 1.14. The van der Waals surface area contributed by atoms with E-state index in [0.29, 0.717) is 12.8 Å². The normalized spacial score (nSPS) is 14.3. The zero-order chi connectivity index (χ0) is 12.9. The fourth-order valence-corrected chi connectivity index (χ4v) is 2.09. The van der Waals surface area contributed by atoms with E-state index < -0.39 is 11.5 Å². The molecular formula is C13H18INO2. The molecule has 1 aromatic rings. The smallest absolute Gasteiger partial charge is 0.324 e. The predicted octanol–water partition coefficient (Wildman–Crippen LogP) is 2.81. The lowest BCUT2D eigenvalue weighted by Gasteiger charge is -2.24. The van der Waals surface area contributed by atoms with Gasteiger partial charge in [0.2, 0.25) is 0 Å². The molecule has 1 aromatic carbocycles. The Morgan fingerprint density at radius 3 is 2.47 bits per heavy atom. The van der Waals surface area contributed by atoms with Crippen LogP contribution < -0.4 is 5.73 Å². The number of unbranched alkanes of at least 4 members (excludes halogenated alkanes) is 1. The summed E-state index contributed by atoms with van der Waals surface area (Å²) in [5, 5.41) is 9.25. The average Bonchev–Trinajstić information content (AvgIpc) is 2.29.